The van der Waals surface area contributed by atoms with Crippen molar-refractivity contribution in [3.8, 4) is 5.75 Å². The van der Waals surface area contributed by atoms with Crippen LogP contribution in [-0.2, 0) is 0 Å². The maximum Gasteiger partial charge on any atom is 0.354 e. The van der Waals surface area contributed by atoms with Gasteiger partial charge >= 0.3 is 5.97 Å². The second kappa shape index (κ2) is 7.69. The van der Waals surface area contributed by atoms with Crippen molar-refractivity contribution in [3.05, 3.63) is 24.0 Å². The zero-order valence-electron chi connectivity index (χ0n) is 11.1. The lowest BCUT2D eigenvalue weighted by atomic mass is 10.0. The van der Waals surface area contributed by atoms with Gasteiger partial charge in [0.05, 0.1) is 12.8 Å². The Kier molecular flexibility index (Phi) is 6.19. The molecule has 1 aromatic rings. The van der Waals surface area contributed by atoms with E-state index in [1.807, 2.05) is 0 Å². The molecule has 100 valence electrons. The summed E-state index contributed by atoms with van der Waals surface area (Å²) in [6.07, 6.45) is 6.16. The summed E-state index contributed by atoms with van der Waals surface area (Å²) in [5.41, 5.74) is 0.0420. The van der Waals surface area contributed by atoms with Crippen molar-refractivity contribution in [1.82, 2.24) is 4.98 Å². The van der Waals surface area contributed by atoms with Gasteiger partial charge in [0.1, 0.15) is 11.4 Å². The minimum absolute atomic E-state index is 0.0420. The minimum Gasteiger partial charge on any atom is -0.492 e. The number of rotatable bonds is 8. The fourth-order valence-corrected chi connectivity index (χ4v) is 1.70. The molecule has 18 heavy (non-hydrogen) atoms. The average Bonchev–Trinajstić information content (AvgIpc) is 2.39. The molecule has 0 aromatic carbocycles. The number of hydrogen-bond acceptors (Lipinski definition) is 3. The summed E-state index contributed by atoms with van der Waals surface area (Å²) >= 11 is 0. The highest BCUT2D eigenvalue weighted by atomic mass is 16.5. The number of carboxylic acid groups (broad SMARTS) is 1. The monoisotopic (exact) mass is 251 g/mol. The van der Waals surface area contributed by atoms with Crippen molar-refractivity contribution in [1.29, 1.82) is 0 Å². The van der Waals surface area contributed by atoms with Crippen molar-refractivity contribution in [2.45, 2.75) is 39.5 Å². The van der Waals surface area contributed by atoms with Gasteiger partial charge in [0, 0.05) is 0 Å². The fourth-order valence-electron chi connectivity index (χ4n) is 1.70. The molecule has 1 aromatic heterocycles. The van der Waals surface area contributed by atoms with Crippen molar-refractivity contribution in [3.63, 3.8) is 0 Å². The molecule has 1 rings (SSSR count). The molecular weight excluding hydrogens is 230 g/mol. The van der Waals surface area contributed by atoms with Gasteiger partial charge < -0.3 is 9.84 Å². The Hall–Kier alpha value is -1.58. The van der Waals surface area contributed by atoms with Crippen LogP contribution in [0.1, 0.15) is 50.0 Å². The molecule has 0 bridgehead atoms. The van der Waals surface area contributed by atoms with E-state index in [-0.39, 0.29) is 5.69 Å². The van der Waals surface area contributed by atoms with Gasteiger partial charge in [-0.3, -0.25) is 0 Å². The van der Waals surface area contributed by atoms with Crippen LogP contribution in [0.3, 0.4) is 0 Å². The van der Waals surface area contributed by atoms with Gasteiger partial charge in [0.25, 0.3) is 0 Å². The van der Waals surface area contributed by atoms with E-state index in [0.29, 0.717) is 18.3 Å². The van der Waals surface area contributed by atoms with Crippen LogP contribution in [-0.4, -0.2) is 22.7 Å². The molecule has 1 heterocycles. The first-order chi connectivity index (χ1) is 8.67. The SMILES string of the molecule is CCCCC(CC)COc1ccc(C(=O)O)nc1. The summed E-state index contributed by atoms with van der Waals surface area (Å²) in [5.74, 6) is 0.176. The number of aromatic nitrogens is 1. The van der Waals surface area contributed by atoms with Gasteiger partial charge in [0.2, 0.25) is 0 Å². The molecule has 4 nitrogen and oxygen atoms in total. The van der Waals surface area contributed by atoms with Gasteiger partial charge in [-0.15, -0.1) is 0 Å². The van der Waals surface area contributed by atoms with E-state index < -0.39 is 5.97 Å². The lowest BCUT2D eigenvalue weighted by molar-refractivity contribution is 0.0690. The van der Waals surface area contributed by atoms with Gasteiger partial charge in [-0.25, -0.2) is 9.78 Å². The molecular formula is C14H21NO3. The van der Waals surface area contributed by atoms with Crippen LogP contribution >= 0.6 is 0 Å². The lowest BCUT2D eigenvalue weighted by Gasteiger charge is -2.15. The van der Waals surface area contributed by atoms with Gasteiger partial charge in [-0.05, 0) is 24.5 Å². The summed E-state index contributed by atoms with van der Waals surface area (Å²) in [4.78, 5) is 14.5. The maximum absolute atomic E-state index is 10.6. The van der Waals surface area contributed by atoms with E-state index in [9.17, 15) is 4.79 Å². The number of carboxylic acids is 1. The Labute approximate surface area is 108 Å². The summed E-state index contributed by atoms with van der Waals surface area (Å²) < 4.78 is 5.64. The standard InChI is InChI=1S/C14H21NO3/c1-3-5-6-11(4-2)10-18-12-7-8-13(14(16)17)15-9-12/h7-9,11H,3-6,10H2,1-2H3,(H,16,17). The largest absolute Gasteiger partial charge is 0.492 e. The molecule has 1 N–H and O–H groups in total. The summed E-state index contributed by atoms with van der Waals surface area (Å²) in [5, 5.41) is 8.73. The third-order valence-electron chi connectivity index (χ3n) is 2.98. The quantitative estimate of drug-likeness (QED) is 0.769. The molecule has 1 atom stereocenters. The van der Waals surface area contributed by atoms with Crippen LogP contribution < -0.4 is 4.74 Å². The van der Waals surface area contributed by atoms with Gasteiger partial charge in [-0.1, -0.05) is 33.1 Å². The van der Waals surface area contributed by atoms with Gasteiger partial charge in [-0.2, -0.15) is 0 Å². The summed E-state index contributed by atoms with van der Waals surface area (Å²) in [6.45, 7) is 5.02. The van der Waals surface area contributed by atoms with Crippen molar-refractivity contribution >= 4 is 5.97 Å². The molecule has 0 saturated heterocycles. The molecule has 1 unspecified atom stereocenters. The van der Waals surface area contributed by atoms with E-state index in [1.165, 1.54) is 31.5 Å². The number of ether oxygens (including phenoxy) is 1. The van der Waals surface area contributed by atoms with E-state index in [2.05, 4.69) is 18.8 Å². The highest BCUT2D eigenvalue weighted by molar-refractivity contribution is 5.85. The number of carbonyl (C=O) groups is 1. The van der Waals surface area contributed by atoms with Crippen LogP contribution in [0, 0.1) is 5.92 Å². The molecule has 0 aliphatic carbocycles. The number of nitrogens with zero attached hydrogens (tertiary/aromatic N) is 1. The molecule has 0 fully saturated rings. The van der Waals surface area contributed by atoms with Crippen molar-refractivity contribution in [2.75, 3.05) is 6.61 Å². The second-order valence-corrected chi connectivity index (χ2v) is 4.41. The third kappa shape index (κ3) is 4.73. The van der Waals surface area contributed by atoms with E-state index in [1.54, 1.807) is 6.07 Å². The average molecular weight is 251 g/mol. The van der Waals surface area contributed by atoms with Crippen LogP contribution in [0.4, 0.5) is 0 Å². The second-order valence-electron chi connectivity index (χ2n) is 4.41. The Morgan fingerprint density at radius 2 is 2.22 bits per heavy atom. The smallest absolute Gasteiger partial charge is 0.354 e. The summed E-state index contributed by atoms with van der Waals surface area (Å²) in [7, 11) is 0. The van der Waals surface area contributed by atoms with Crippen LogP contribution in [0.2, 0.25) is 0 Å². The van der Waals surface area contributed by atoms with E-state index in [4.69, 9.17) is 9.84 Å². The Morgan fingerprint density at radius 1 is 1.44 bits per heavy atom. The first-order valence-electron chi connectivity index (χ1n) is 6.49. The fraction of sp³-hybridized carbons (Fsp3) is 0.571. The molecule has 0 radical (unpaired) electrons. The molecule has 0 saturated carbocycles. The van der Waals surface area contributed by atoms with Crippen LogP contribution in [0.25, 0.3) is 0 Å². The molecule has 0 amide bonds. The van der Waals surface area contributed by atoms with Crippen molar-refractivity contribution < 1.29 is 14.6 Å². The molecule has 4 heteroatoms. The molecule has 0 aliphatic heterocycles. The summed E-state index contributed by atoms with van der Waals surface area (Å²) in [6, 6.07) is 3.12. The topological polar surface area (TPSA) is 59.4 Å². The number of unbranched alkanes of at least 4 members (excludes halogenated alkanes) is 1. The number of aromatic carboxylic acids is 1. The minimum atomic E-state index is -1.02. The molecule has 0 spiro atoms. The maximum atomic E-state index is 10.6. The Bertz CT molecular complexity index is 362. The Morgan fingerprint density at radius 3 is 2.72 bits per heavy atom. The van der Waals surface area contributed by atoms with E-state index >= 15 is 0 Å². The zero-order valence-corrected chi connectivity index (χ0v) is 11.1. The van der Waals surface area contributed by atoms with Gasteiger partial charge in [0.15, 0.2) is 0 Å². The number of hydrogen-bond donors (Lipinski definition) is 1. The highest BCUT2D eigenvalue weighted by Crippen LogP contribution is 2.16. The lowest BCUT2D eigenvalue weighted by Crippen LogP contribution is -2.11. The number of pyridine rings is 1. The first kappa shape index (κ1) is 14.5. The highest BCUT2D eigenvalue weighted by Gasteiger charge is 2.08. The van der Waals surface area contributed by atoms with Crippen LogP contribution in [0.5, 0.6) is 5.75 Å². The molecule has 0 aliphatic rings. The van der Waals surface area contributed by atoms with E-state index in [0.717, 1.165) is 6.42 Å². The predicted molar refractivity (Wildman–Crippen MR) is 70.0 cm³/mol. The normalized spacial score (nSPS) is 12.1. The third-order valence-corrected chi connectivity index (χ3v) is 2.98. The van der Waals surface area contributed by atoms with Crippen molar-refractivity contribution in [2.24, 2.45) is 5.92 Å². The zero-order chi connectivity index (χ0) is 13.4. The predicted octanol–water partition coefficient (Wildman–Crippen LogP) is 3.38. The van der Waals surface area contributed by atoms with Crippen LogP contribution in [0.15, 0.2) is 18.3 Å². The Balaban J connectivity index is 2.44. The first-order valence-corrected chi connectivity index (χ1v) is 6.49.